The quantitative estimate of drug-likeness (QED) is 0.491. The molecule has 19 heavy (non-hydrogen) atoms. The molecule has 0 aromatic heterocycles. The second-order valence-electron chi connectivity index (χ2n) is 3.36. The standard InChI is InChI=1S/C9H9F9O/c1-2-3-19-7(14)9(17,18)8(15,16)5(11)4(10)6(12)13/h2,4-7H,1,3H2. The molecular formula is C9H9F9O. The van der Waals surface area contributed by atoms with Crippen molar-refractivity contribution in [1.29, 1.82) is 0 Å². The van der Waals surface area contributed by atoms with E-state index in [9.17, 15) is 39.5 Å². The SMILES string of the molecule is C=CCOC(F)C(F)(F)C(F)(F)C(F)C(F)C(F)F. The Balaban J connectivity index is 5.08. The Morgan fingerprint density at radius 1 is 0.947 bits per heavy atom. The van der Waals surface area contributed by atoms with Crippen molar-refractivity contribution in [3.63, 3.8) is 0 Å². The molecule has 114 valence electrons. The summed E-state index contributed by atoms with van der Waals surface area (Å²) in [6.07, 6.45) is -16.3. The second kappa shape index (κ2) is 6.49. The van der Waals surface area contributed by atoms with Crippen molar-refractivity contribution in [3.8, 4) is 0 Å². The fourth-order valence-electron chi connectivity index (χ4n) is 0.920. The molecule has 0 saturated carbocycles. The number of hydrogen-bond donors (Lipinski definition) is 0. The summed E-state index contributed by atoms with van der Waals surface area (Å²) < 4.78 is 116. The minimum absolute atomic E-state index is 0.727. The predicted molar refractivity (Wildman–Crippen MR) is 46.7 cm³/mol. The lowest BCUT2D eigenvalue weighted by molar-refractivity contribution is -0.316. The predicted octanol–water partition coefficient (Wildman–Crippen LogP) is 3.70. The van der Waals surface area contributed by atoms with E-state index in [1.165, 1.54) is 0 Å². The minimum Gasteiger partial charge on any atom is -0.339 e. The normalized spacial score (nSPS) is 18.2. The van der Waals surface area contributed by atoms with Crippen molar-refractivity contribution < 1.29 is 44.3 Å². The molecular weight excluding hydrogens is 295 g/mol. The van der Waals surface area contributed by atoms with Gasteiger partial charge in [0.05, 0.1) is 6.61 Å². The van der Waals surface area contributed by atoms with Crippen molar-refractivity contribution in [2.45, 2.75) is 37.0 Å². The Labute approximate surface area is 102 Å². The largest absolute Gasteiger partial charge is 0.367 e. The van der Waals surface area contributed by atoms with Gasteiger partial charge in [0.25, 0.3) is 12.8 Å². The molecule has 3 atom stereocenters. The van der Waals surface area contributed by atoms with Crippen LogP contribution in [0, 0.1) is 0 Å². The molecule has 0 fully saturated rings. The molecule has 0 aromatic rings. The molecule has 0 aliphatic heterocycles. The average molecular weight is 304 g/mol. The van der Waals surface area contributed by atoms with Crippen LogP contribution in [0.3, 0.4) is 0 Å². The van der Waals surface area contributed by atoms with Gasteiger partial charge in [-0.15, -0.1) is 6.58 Å². The fraction of sp³-hybridized carbons (Fsp3) is 0.778. The second-order valence-corrected chi connectivity index (χ2v) is 3.36. The van der Waals surface area contributed by atoms with E-state index in [1.54, 1.807) is 0 Å². The van der Waals surface area contributed by atoms with Crippen molar-refractivity contribution in [1.82, 2.24) is 0 Å². The maximum Gasteiger partial charge on any atom is 0.367 e. The molecule has 0 saturated heterocycles. The van der Waals surface area contributed by atoms with Gasteiger partial charge in [0.2, 0.25) is 6.17 Å². The first kappa shape index (κ1) is 18.1. The zero-order chi connectivity index (χ0) is 15.4. The van der Waals surface area contributed by atoms with Gasteiger partial charge in [-0.05, 0) is 0 Å². The van der Waals surface area contributed by atoms with Gasteiger partial charge in [-0.1, -0.05) is 6.08 Å². The molecule has 0 heterocycles. The third-order valence-electron chi connectivity index (χ3n) is 1.96. The first-order valence-electron chi connectivity index (χ1n) is 4.68. The van der Waals surface area contributed by atoms with Gasteiger partial charge in [-0.25, -0.2) is 22.0 Å². The highest BCUT2D eigenvalue weighted by Gasteiger charge is 2.69. The summed E-state index contributed by atoms with van der Waals surface area (Å²) in [6.45, 7) is 1.99. The van der Waals surface area contributed by atoms with E-state index in [4.69, 9.17) is 0 Å². The smallest absolute Gasteiger partial charge is 0.339 e. The highest BCUT2D eigenvalue weighted by atomic mass is 19.3. The molecule has 1 nitrogen and oxygen atoms in total. The van der Waals surface area contributed by atoms with Gasteiger partial charge in [0.1, 0.15) is 0 Å². The van der Waals surface area contributed by atoms with E-state index in [2.05, 4.69) is 11.3 Å². The van der Waals surface area contributed by atoms with Crippen LogP contribution in [0.1, 0.15) is 0 Å². The van der Waals surface area contributed by atoms with E-state index in [0.717, 1.165) is 6.08 Å². The maximum atomic E-state index is 12.9. The molecule has 10 heteroatoms. The van der Waals surface area contributed by atoms with Crippen molar-refractivity contribution in [2.75, 3.05) is 6.61 Å². The molecule has 0 rings (SSSR count). The topological polar surface area (TPSA) is 9.23 Å². The number of halogens is 9. The minimum atomic E-state index is -6.01. The van der Waals surface area contributed by atoms with Crippen LogP contribution in [0.4, 0.5) is 39.5 Å². The Morgan fingerprint density at radius 3 is 1.79 bits per heavy atom. The molecule has 3 unspecified atom stereocenters. The molecule has 0 N–H and O–H groups in total. The van der Waals surface area contributed by atoms with Crippen LogP contribution in [-0.2, 0) is 4.74 Å². The summed E-state index contributed by atoms with van der Waals surface area (Å²) >= 11 is 0. The Morgan fingerprint density at radius 2 is 1.42 bits per heavy atom. The van der Waals surface area contributed by atoms with Crippen LogP contribution >= 0.6 is 0 Å². The molecule has 0 aliphatic rings. The van der Waals surface area contributed by atoms with Crippen LogP contribution in [0.5, 0.6) is 0 Å². The van der Waals surface area contributed by atoms with Crippen molar-refractivity contribution in [3.05, 3.63) is 12.7 Å². The van der Waals surface area contributed by atoms with E-state index in [-0.39, 0.29) is 0 Å². The van der Waals surface area contributed by atoms with Crippen LogP contribution in [0.2, 0.25) is 0 Å². The van der Waals surface area contributed by atoms with Crippen molar-refractivity contribution >= 4 is 0 Å². The van der Waals surface area contributed by atoms with E-state index in [1.807, 2.05) is 0 Å². The zero-order valence-corrected chi connectivity index (χ0v) is 9.11. The molecule has 0 spiro atoms. The lowest BCUT2D eigenvalue weighted by Crippen LogP contribution is -2.57. The zero-order valence-electron chi connectivity index (χ0n) is 9.11. The van der Waals surface area contributed by atoms with E-state index >= 15 is 0 Å². The molecule has 0 amide bonds. The maximum absolute atomic E-state index is 12.9. The summed E-state index contributed by atoms with van der Waals surface area (Å²) in [6, 6.07) is 0. The monoisotopic (exact) mass is 304 g/mol. The summed E-state index contributed by atoms with van der Waals surface area (Å²) in [5, 5.41) is 0. The van der Waals surface area contributed by atoms with Gasteiger partial charge in [0.15, 0.2) is 6.17 Å². The molecule has 0 aromatic carbocycles. The highest BCUT2D eigenvalue weighted by Crippen LogP contribution is 2.44. The van der Waals surface area contributed by atoms with Gasteiger partial charge >= 0.3 is 11.8 Å². The first-order valence-corrected chi connectivity index (χ1v) is 4.68. The molecule has 0 radical (unpaired) electrons. The Bertz CT molecular complexity index is 293. The summed E-state index contributed by atoms with van der Waals surface area (Å²) in [5.41, 5.74) is 0. The van der Waals surface area contributed by atoms with Crippen LogP contribution in [-0.4, -0.2) is 43.6 Å². The van der Waals surface area contributed by atoms with Crippen molar-refractivity contribution in [2.24, 2.45) is 0 Å². The fourth-order valence-corrected chi connectivity index (χ4v) is 0.920. The molecule has 0 bridgehead atoms. The number of alkyl halides is 9. The lowest BCUT2D eigenvalue weighted by atomic mass is 10.0. The van der Waals surface area contributed by atoms with Crippen LogP contribution in [0.15, 0.2) is 12.7 Å². The summed E-state index contributed by atoms with van der Waals surface area (Å²) in [4.78, 5) is 0. The van der Waals surface area contributed by atoms with Gasteiger partial charge < -0.3 is 4.74 Å². The highest BCUT2D eigenvalue weighted by molar-refractivity contribution is 4.97. The van der Waals surface area contributed by atoms with Crippen LogP contribution < -0.4 is 0 Å². The number of rotatable bonds is 8. The summed E-state index contributed by atoms with van der Waals surface area (Å²) in [5.74, 6) is -11.8. The summed E-state index contributed by atoms with van der Waals surface area (Å²) in [7, 11) is 0. The number of hydrogen-bond acceptors (Lipinski definition) is 1. The third kappa shape index (κ3) is 3.77. The average Bonchev–Trinajstić information content (AvgIpc) is 2.33. The van der Waals surface area contributed by atoms with Gasteiger partial charge in [-0.2, -0.15) is 17.6 Å². The Hall–Kier alpha value is -0.930. The van der Waals surface area contributed by atoms with E-state index < -0.39 is 43.6 Å². The van der Waals surface area contributed by atoms with Crippen LogP contribution in [0.25, 0.3) is 0 Å². The molecule has 0 aliphatic carbocycles. The lowest BCUT2D eigenvalue weighted by Gasteiger charge is -2.31. The van der Waals surface area contributed by atoms with E-state index in [0.29, 0.717) is 0 Å². The third-order valence-corrected chi connectivity index (χ3v) is 1.96. The van der Waals surface area contributed by atoms with Gasteiger partial charge in [0, 0.05) is 0 Å². The van der Waals surface area contributed by atoms with Gasteiger partial charge in [-0.3, -0.25) is 0 Å². The number of ether oxygens (including phenoxy) is 1. The first-order chi connectivity index (χ1) is 8.50. The Kier molecular flexibility index (Phi) is 6.17.